The lowest BCUT2D eigenvalue weighted by Gasteiger charge is -2.26. The van der Waals surface area contributed by atoms with Crippen molar-refractivity contribution in [3.8, 4) is 5.75 Å². The topological polar surface area (TPSA) is 55.8 Å². The van der Waals surface area contributed by atoms with Gasteiger partial charge in [0.2, 0.25) is 0 Å². The van der Waals surface area contributed by atoms with Gasteiger partial charge in [0.25, 0.3) is 0 Å². The van der Waals surface area contributed by atoms with Gasteiger partial charge < -0.3 is 14.6 Å². The molecule has 2 aromatic carbocycles. The minimum absolute atomic E-state index is 0.0682. The summed E-state index contributed by atoms with van der Waals surface area (Å²) >= 11 is 0. The Kier molecular flexibility index (Phi) is 5.62. The molecule has 1 saturated heterocycles. The van der Waals surface area contributed by atoms with Crippen LogP contribution in [0.3, 0.4) is 0 Å². The Morgan fingerprint density at radius 3 is 2.54 bits per heavy atom. The first-order valence-electron chi connectivity index (χ1n) is 9.06. The molecule has 0 bridgehead atoms. The van der Waals surface area contributed by atoms with Gasteiger partial charge >= 0.3 is 5.97 Å². The molecule has 4 heteroatoms. The number of esters is 1. The van der Waals surface area contributed by atoms with E-state index in [0.717, 1.165) is 23.3 Å². The first kappa shape index (κ1) is 18.5. The highest BCUT2D eigenvalue weighted by Crippen LogP contribution is 2.29. The second kappa shape index (κ2) is 7.92. The summed E-state index contributed by atoms with van der Waals surface area (Å²) in [4.78, 5) is 11.5. The van der Waals surface area contributed by atoms with Gasteiger partial charge in [-0.1, -0.05) is 47.5 Å². The molecule has 0 saturated carbocycles. The zero-order valence-corrected chi connectivity index (χ0v) is 15.6. The van der Waals surface area contributed by atoms with Crippen molar-refractivity contribution in [3.63, 3.8) is 0 Å². The van der Waals surface area contributed by atoms with E-state index in [1.165, 1.54) is 16.7 Å². The van der Waals surface area contributed by atoms with Crippen LogP contribution in [-0.2, 0) is 16.0 Å². The fourth-order valence-corrected chi connectivity index (χ4v) is 3.45. The lowest BCUT2D eigenvalue weighted by Crippen LogP contribution is -2.36. The van der Waals surface area contributed by atoms with Crippen molar-refractivity contribution in [1.82, 2.24) is 0 Å². The van der Waals surface area contributed by atoms with Crippen LogP contribution in [0, 0.1) is 20.8 Å². The second-order valence-corrected chi connectivity index (χ2v) is 7.25. The Labute approximate surface area is 154 Å². The maximum absolute atomic E-state index is 11.5. The molecule has 1 aliphatic rings. The number of carbonyl (C=O) groups excluding carboxylic acids is 1. The number of aliphatic hydroxyl groups excluding tert-OH is 1. The Balaban J connectivity index is 1.77. The quantitative estimate of drug-likeness (QED) is 0.833. The Hall–Kier alpha value is -2.33. The van der Waals surface area contributed by atoms with Gasteiger partial charge in [-0.2, -0.15) is 0 Å². The maximum Gasteiger partial charge on any atom is 0.308 e. The molecule has 0 aromatic heterocycles. The van der Waals surface area contributed by atoms with Crippen LogP contribution >= 0.6 is 0 Å². The molecule has 1 N–H and O–H groups in total. The summed E-state index contributed by atoms with van der Waals surface area (Å²) in [7, 11) is 0. The summed E-state index contributed by atoms with van der Waals surface area (Å²) < 4.78 is 11.4. The average Bonchev–Trinajstić information content (AvgIpc) is 2.55. The van der Waals surface area contributed by atoms with E-state index in [1.54, 1.807) is 0 Å². The third-order valence-corrected chi connectivity index (χ3v) is 4.66. The van der Waals surface area contributed by atoms with Crippen molar-refractivity contribution in [2.24, 2.45) is 0 Å². The summed E-state index contributed by atoms with van der Waals surface area (Å²) in [6.07, 6.45) is 0.226. The van der Waals surface area contributed by atoms with E-state index < -0.39 is 12.2 Å². The number of hydrogen-bond donors (Lipinski definition) is 1. The molecule has 3 rings (SSSR count). The maximum atomic E-state index is 11.5. The SMILES string of the molecule is Cc1ccc(Cc2cc(C)cc(C)c2OC[C@@H]2C[C@@H](O)CC(=O)O2)cc1. The zero-order chi connectivity index (χ0) is 18.7. The molecule has 0 radical (unpaired) electrons. The molecule has 0 unspecified atom stereocenters. The largest absolute Gasteiger partial charge is 0.489 e. The van der Waals surface area contributed by atoms with Gasteiger partial charge in [0.05, 0.1) is 12.5 Å². The molecule has 1 fully saturated rings. The van der Waals surface area contributed by atoms with E-state index >= 15 is 0 Å². The summed E-state index contributed by atoms with van der Waals surface area (Å²) in [6.45, 7) is 6.44. The van der Waals surface area contributed by atoms with Crippen molar-refractivity contribution in [3.05, 3.63) is 64.2 Å². The predicted molar refractivity (Wildman–Crippen MR) is 101 cm³/mol. The summed E-state index contributed by atoms with van der Waals surface area (Å²) in [6, 6.07) is 12.7. The number of carbonyl (C=O) groups is 1. The number of benzene rings is 2. The number of ether oxygens (including phenoxy) is 2. The number of cyclic esters (lactones) is 1. The van der Waals surface area contributed by atoms with E-state index in [1.807, 2.05) is 6.92 Å². The highest BCUT2D eigenvalue weighted by atomic mass is 16.6. The van der Waals surface area contributed by atoms with Gasteiger partial charge in [0, 0.05) is 12.8 Å². The van der Waals surface area contributed by atoms with Crippen molar-refractivity contribution in [2.45, 2.75) is 52.2 Å². The normalized spacial score (nSPS) is 19.9. The van der Waals surface area contributed by atoms with Crippen molar-refractivity contribution < 1.29 is 19.4 Å². The highest BCUT2D eigenvalue weighted by molar-refractivity contribution is 5.71. The average molecular weight is 354 g/mol. The highest BCUT2D eigenvalue weighted by Gasteiger charge is 2.28. The lowest BCUT2D eigenvalue weighted by molar-refractivity contribution is -0.162. The lowest BCUT2D eigenvalue weighted by atomic mass is 9.98. The first-order valence-corrected chi connectivity index (χ1v) is 9.06. The third-order valence-electron chi connectivity index (χ3n) is 4.66. The van der Waals surface area contributed by atoms with E-state index in [2.05, 4.69) is 50.2 Å². The number of aliphatic hydroxyl groups is 1. The summed E-state index contributed by atoms with van der Waals surface area (Å²) in [5.41, 5.74) is 5.84. The van der Waals surface area contributed by atoms with E-state index in [4.69, 9.17) is 9.47 Å². The van der Waals surface area contributed by atoms with Gasteiger partial charge in [0.1, 0.15) is 18.5 Å². The minimum Gasteiger partial charge on any atom is -0.489 e. The van der Waals surface area contributed by atoms with Gasteiger partial charge in [-0.3, -0.25) is 4.79 Å². The van der Waals surface area contributed by atoms with Crippen LogP contribution in [0.4, 0.5) is 0 Å². The van der Waals surface area contributed by atoms with Crippen LogP contribution in [-0.4, -0.2) is 29.9 Å². The van der Waals surface area contributed by atoms with E-state index in [0.29, 0.717) is 6.42 Å². The Morgan fingerprint density at radius 1 is 1.12 bits per heavy atom. The number of aryl methyl sites for hydroxylation is 3. The van der Waals surface area contributed by atoms with Crippen molar-refractivity contribution in [2.75, 3.05) is 6.61 Å². The molecule has 2 atom stereocenters. The Bertz CT molecular complexity index is 779. The van der Waals surface area contributed by atoms with E-state index in [9.17, 15) is 9.90 Å². The van der Waals surface area contributed by atoms with Crippen LogP contribution in [0.5, 0.6) is 5.75 Å². The predicted octanol–water partition coefficient (Wildman–Crippen LogP) is 3.65. The smallest absolute Gasteiger partial charge is 0.308 e. The molecular weight excluding hydrogens is 328 g/mol. The van der Waals surface area contributed by atoms with Crippen LogP contribution in [0.2, 0.25) is 0 Å². The van der Waals surface area contributed by atoms with Gasteiger partial charge in [-0.05, 0) is 37.5 Å². The Morgan fingerprint density at radius 2 is 1.85 bits per heavy atom. The van der Waals surface area contributed by atoms with Crippen molar-refractivity contribution in [1.29, 1.82) is 0 Å². The summed E-state index contributed by atoms with van der Waals surface area (Å²) in [5.74, 6) is 0.477. The van der Waals surface area contributed by atoms with Gasteiger partial charge in [-0.15, -0.1) is 0 Å². The minimum atomic E-state index is -0.643. The van der Waals surface area contributed by atoms with Crippen LogP contribution in [0.1, 0.15) is 40.7 Å². The van der Waals surface area contributed by atoms with Crippen LogP contribution in [0.15, 0.2) is 36.4 Å². The fourth-order valence-electron chi connectivity index (χ4n) is 3.45. The second-order valence-electron chi connectivity index (χ2n) is 7.25. The molecule has 0 amide bonds. The number of rotatable bonds is 5. The molecule has 1 heterocycles. The molecule has 0 aliphatic carbocycles. The number of hydrogen-bond acceptors (Lipinski definition) is 4. The van der Waals surface area contributed by atoms with E-state index in [-0.39, 0.29) is 19.0 Å². The zero-order valence-electron chi connectivity index (χ0n) is 15.6. The standard InChI is InChI=1S/C22H26O4/c1-14-4-6-17(7-5-14)10-18-9-15(2)8-16(3)22(18)25-13-20-11-19(23)12-21(24)26-20/h4-9,19-20,23H,10-13H2,1-3H3/t19-,20+/m1/s1. The third kappa shape index (κ3) is 4.64. The molecule has 4 nitrogen and oxygen atoms in total. The molecule has 0 spiro atoms. The molecule has 138 valence electrons. The van der Waals surface area contributed by atoms with Gasteiger partial charge in [0.15, 0.2) is 0 Å². The van der Waals surface area contributed by atoms with Crippen molar-refractivity contribution >= 4 is 5.97 Å². The summed E-state index contributed by atoms with van der Waals surface area (Å²) in [5, 5.41) is 9.75. The molecule has 1 aliphatic heterocycles. The van der Waals surface area contributed by atoms with Crippen LogP contribution < -0.4 is 4.74 Å². The molecule has 26 heavy (non-hydrogen) atoms. The molecule has 2 aromatic rings. The fraction of sp³-hybridized carbons (Fsp3) is 0.409. The molecular formula is C22H26O4. The first-order chi connectivity index (χ1) is 12.4. The van der Waals surface area contributed by atoms with Gasteiger partial charge in [-0.25, -0.2) is 0 Å². The monoisotopic (exact) mass is 354 g/mol. The van der Waals surface area contributed by atoms with Crippen LogP contribution in [0.25, 0.3) is 0 Å².